The first-order valence-electron chi connectivity index (χ1n) is 38.0. The summed E-state index contributed by atoms with van der Waals surface area (Å²) in [7, 11) is -8.32. The smallest absolute Gasteiger partial charge is 0.385 e. The van der Waals surface area contributed by atoms with E-state index in [0.717, 1.165) is 72.8 Å². The molecule has 1 fully saturated rings. The van der Waals surface area contributed by atoms with Gasteiger partial charge in [-0.15, -0.1) is 37.9 Å². The number of nitrogens with one attached hydrogen (secondary N) is 5. The van der Waals surface area contributed by atoms with Crippen molar-refractivity contribution < 1.29 is 299 Å². The summed E-state index contributed by atoms with van der Waals surface area (Å²) in [5.74, 6) is -13.5. The number of likely N-dealkylation sites (N-methyl/N-ethyl adjacent to an activating group) is 2. The van der Waals surface area contributed by atoms with Crippen LogP contribution in [0.4, 0.5) is 184 Å². The molecular formula is C83H58F42N5O15S3Yb. The molecule has 1 aliphatic heterocycles. The van der Waals surface area contributed by atoms with E-state index in [0.29, 0.717) is 50.5 Å². The number of ether oxygens (including phenoxy) is 1. The van der Waals surface area contributed by atoms with Crippen molar-refractivity contribution in [2.24, 2.45) is 0 Å². The van der Waals surface area contributed by atoms with Gasteiger partial charge in [0.05, 0.1) is 33.3 Å². The van der Waals surface area contributed by atoms with E-state index in [4.69, 9.17) is 37.9 Å². The molecule has 66 heteroatoms. The van der Waals surface area contributed by atoms with Crippen LogP contribution in [-0.2, 0) is 105 Å². The molecule has 9 aromatic carbocycles. The number of benzene rings is 9. The number of amides is 3. The summed E-state index contributed by atoms with van der Waals surface area (Å²) in [6.45, 7) is -9.25. The number of aliphatic hydroxyl groups is 2. The Morgan fingerprint density at radius 1 is 0.309 bits per heavy atom. The Morgan fingerprint density at radius 2 is 0.497 bits per heavy atom. The second kappa shape index (κ2) is 55.1. The molecule has 1 heterocycles. The van der Waals surface area contributed by atoms with Crippen LogP contribution in [0.5, 0.6) is 0 Å². The summed E-state index contributed by atoms with van der Waals surface area (Å²) in [5.41, 5.74) is -31.1. The number of hydrogen-bond acceptors (Lipinski definition) is 17. The molecule has 0 saturated carbocycles. The summed E-state index contributed by atoms with van der Waals surface area (Å²) >= 11 is 0. The Morgan fingerprint density at radius 3 is 0.664 bits per heavy atom. The van der Waals surface area contributed by atoms with E-state index in [2.05, 4.69) is 4.74 Å². The van der Waals surface area contributed by atoms with E-state index in [1.54, 1.807) is 0 Å². The maximum Gasteiger partial charge on any atom is 3.00 e. The van der Waals surface area contributed by atoms with Crippen molar-refractivity contribution in [2.75, 3.05) is 14.1 Å². The second-order valence-electron chi connectivity index (χ2n) is 28.8. The van der Waals surface area contributed by atoms with Crippen molar-refractivity contribution in [1.82, 2.24) is 26.6 Å². The van der Waals surface area contributed by atoms with Gasteiger partial charge < -0.3 is 81.0 Å². The molecule has 1 aliphatic rings. The van der Waals surface area contributed by atoms with Gasteiger partial charge in [0.25, 0.3) is 22.7 Å². The third-order valence-electron chi connectivity index (χ3n) is 19.5. The van der Waals surface area contributed by atoms with E-state index < -0.39 is 264 Å². The minimum Gasteiger partial charge on any atom is -0.385 e. The molecule has 0 bridgehead atoms. The fraction of sp³-hybridized carbons (Fsp3) is 0.277. The standard InChI is InChI=1S/2C27H21F11N2O2.C26H16F11NO2.3CF3.3O3S.Yb/c2*1-39-21(24(42,26(33,34)35)27(36,37)38)22(41)40-23(14-15-5-3-2-4-6-15,16-7-9-19(28)10-8-16)17-11-18(25(30,31)32)13-20(29)12-17;27-18-8-6-15(7-9-18)22(13-14-4-2-1-3-5-14,16-10-17(24(29,30)31)12-19(28)11-16)38-21(39)20-23(40-20,25(32,33)34)26(35,36)37;3*2-1(3)4;3*1-4(2)3;/h2*2-13,21,39,42H,14H2,1H3,(H,40,41);1-12,20H,13H2,(H,38,39);;;;;;;/q;;;3*-1;;;;+3/t21-,23+;21-,23-;20?,22-;;;;;;;/m011......./s1. The Bertz CT molecular complexity index is 5830. The van der Waals surface area contributed by atoms with E-state index in [1.165, 1.54) is 102 Å². The van der Waals surface area contributed by atoms with Crippen LogP contribution in [0.25, 0.3) is 0 Å². The largest absolute Gasteiger partial charge is 3.00 e. The van der Waals surface area contributed by atoms with E-state index in [1.807, 2.05) is 16.0 Å². The molecule has 831 valence electrons. The summed E-state index contributed by atoms with van der Waals surface area (Å²) in [5, 5.41) is 28.7. The molecule has 149 heavy (non-hydrogen) atoms. The maximum absolute atomic E-state index is 14.6. The summed E-state index contributed by atoms with van der Waals surface area (Å²) in [6, 6.07) is 27.6. The van der Waals surface area contributed by atoms with Crippen molar-refractivity contribution in [3.05, 3.63) is 340 Å². The molecule has 1 saturated heterocycles. The topological polar surface area (TPSA) is 318 Å². The van der Waals surface area contributed by atoms with Crippen molar-refractivity contribution in [3.8, 4) is 0 Å². The van der Waals surface area contributed by atoms with Gasteiger partial charge in [-0.25, -0.2) is 26.3 Å². The van der Waals surface area contributed by atoms with E-state index >= 15 is 0 Å². The normalized spacial score (nSPS) is 14.8. The van der Waals surface area contributed by atoms with E-state index in [-0.39, 0.29) is 98.5 Å². The van der Waals surface area contributed by atoms with Crippen LogP contribution < -0.4 is 26.6 Å². The van der Waals surface area contributed by atoms with Gasteiger partial charge in [0.2, 0.25) is 11.8 Å². The molecule has 6 atom stereocenters. The van der Waals surface area contributed by atoms with Crippen LogP contribution in [-0.4, -0.2) is 152 Å². The van der Waals surface area contributed by atoms with Gasteiger partial charge in [-0.1, -0.05) is 127 Å². The maximum atomic E-state index is 14.6. The zero-order valence-corrected chi connectivity index (χ0v) is 76.4. The van der Waals surface area contributed by atoms with Gasteiger partial charge in [0.1, 0.15) is 47.0 Å². The van der Waals surface area contributed by atoms with Crippen molar-refractivity contribution >= 4 is 49.5 Å². The molecule has 9 aromatic rings. The predicted octanol–water partition coefficient (Wildman–Crippen LogP) is 19.9. The fourth-order valence-corrected chi connectivity index (χ4v) is 13.4. The molecule has 20 nitrogen and oxygen atoms in total. The van der Waals surface area contributed by atoms with Crippen LogP contribution in [0, 0.1) is 102 Å². The number of hydrogen-bond donors (Lipinski definition) is 7. The molecule has 1 unspecified atom stereocenters. The van der Waals surface area contributed by atoms with Crippen molar-refractivity contribution in [2.45, 2.75) is 126 Å². The second-order valence-corrected chi connectivity index (χ2v) is 30.0. The number of alkyl halides is 27. The summed E-state index contributed by atoms with van der Waals surface area (Å²) < 4.78 is 620. The molecule has 7 N–H and O–H groups in total. The third-order valence-corrected chi connectivity index (χ3v) is 19.5. The predicted molar refractivity (Wildman–Crippen MR) is 419 cm³/mol. The minimum atomic E-state index is -6.48. The van der Waals surface area contributed by atoms with Gasteiger partial charge in [0.15, 0.2) is 26.1 Å². The molecule has 0 aliphatic carbocycles. The molecular weight excluding hydrogens is 2370 g/mol. The number of halogens is 42. The van der Waals surface area contributed by atoms with E-state index in [9.17, 15) is 209 Å². The quantitative estimate of drug-likeness (QED) is 0.0188. The van der Waals surface area contributed by atoms with Crippen LogP contribution in [0.3, 0.4) is 0 Å². The molecule has 10 rings (SSSR count). The Labute approximate surface area is 850 Å². The van der Waals surface area contributed by atoms with Crippen molar-refractivity contribution in [3.63, 3.8) is 0 Å². The Hall–Kier alpha value is -11.4. The van der Waals surface area contributed by atoms with Gasteiger partial charge in [0, 0.05) is 19.3 Å². The number of rotatable bonds is 22. The SMILES string of the molecule is CN[C@@H](C(=O)N[C@](Cc1ccccc1)(c1ccc(F)cc1)c1cc(F)cc(C(F)(F)F)c1)C(O)(C(F)(F)F)C(F)(F)F.CN[C@H](C(=O)N[C@](Cc1ccccc1)(c1ccc(F)cc1)c1cc(F)cc(C(F)(F)F)c1)C(O)(C(F)(F)F)C(F)(F)F.F[C-](F)F.F[C-](F)F.F[C-](F)F.O=C(N[C@](Cc1ccccc1)(c1ccc(F)cc1)c1cc(F)cc(C(F)(F)F)c1)C1OC1(C(F)(F)F)C(F)(F)F.O=S(=O)=O.O=S(=O)=O.O=S(=O)=O.[Yb+3]. The molecule has 1 radical (unpaired) electrons. The average Bonchev–Trinajstić information content (AvgIpc) is 1.51. The Balaban J connectivity index is 0.000000999. The number of epoxide rings is 1. The molecule has 0 aromatic heterocycles. The van der Waals surface area contributed by atoms with Crippen LogP contribution in [0.15, 0.2) is 218 Å². The van der Waals surface area contributed by atoms with Crippen molar-refractivity contribution in [1.29, 1.82) is 0 Å². The number of carbonyl (C=O) groups is 3. The fourth-order valence-electron chi connectivity index (χ4n) is 13.4. The van der Waals surface area contributed by atoms with Crippen LogP contribution >= 0.6 is 0 Å². The monoisotopic (exact) mass is 2430 g/mol. The van der Waals surface area contributed by atoms with Gasteiger partial charge in [-0.05, 0) is 155 Å². The molecule has 3 amide bonds. The van der Waals surface area contributed by atoms with Crippen LogP contribution in [0.1, 0.15) is 66.8 Å². The van der Waals surface area contributed by atoms with Crippen LogP contribution in [0.2, 0.25) is 0 Å². The Kier molecular flexibility index (Phi) is 50.1. The third kappa shape index (κ3) is 38.5. The minimum absolute atomic E-state index is 0. The molecule has 0 spiro atoms. The summed E-state index contributed by atoms with van der Waals surface area (Å²) in [6.07, 6.45) is -58.7. The van der Waals surface area contributed by atoms with Gasteiger partial charge in [-0.2, -0.15) is 119 Å². The van der Waals surface area contributed by atoms with Gasteiger partial charge in [-0.3, -0.25) is 14.4 Å². The zero-order chi connectivity index (χ0) is 115. The summed E-state index contributed by atoms with van der Waals surface area (Å²) in [4.78, 5) is 39.8. The number of carbonyl (C=O) groups excluding carboxylic acids is 3. The first kappa shape index (κ1) is 136. The first-order valence-corrected chi connectivity index (χ1v) is 41.0. The zero-order valence-electron chi connectivity index (χ0n) is 72.2. The average molecular weight is 2430 g/mol. The van der Waals surface area contributed by atoms with Gasteiger partial charge >= 0.3 is 134 Å². The first-order chi connectivity index (χ1) is 67.3.